The zero-order valence-corrected chi connectivity index (χ0v) is 21.5. The minimum absolute atomic E-state index is 0.0393. The highest BCUT2D eigenvalue weighted by Gasteiger charge is 2.66. The second kappa shape index (κ2) is 8.05. The van der Waals surface area contributed by atoms with Gasteiger partial charge in [-0.25, -0.2) is 0 Å². The molecule has 5 aliphatic carbocycles. The summed E-state index contributed by atoms with van der Waals surface area (Å²) in [6, 6.07) is 0. The van der Waals surface area contributed by atoms with Gasteiger partial charge in [0.1, 0.15) is 0 Å². The number of hydrogen-bond acceptors (Lipinski definition) is 4. The van der Waals surface area contributed by atoms with Crippen LogP contribution in [0.15, 0.2) is 11.6 Å². The number of aliphatic hydroxyl groups excluding tert-OH is 3. The standard InChI is InChI=1S/C29H48O4/c1-16(20-12-17(20)2)8-11-28(4,33)24-7-6-21-26-22(15-25(32)29(21,24)5)27(3)10-9-19(30)13-18(27)14-23(26)31/h14,16-17,19-26,30-33H,6-13,15H2,1-5H3. The molecule has 13 unspecified atom stereocenters. The SMILES string of the molecule is CC(CCC(C)(O)C1CCC2C3C(O)C=C4CC(O)CCC4(C)C3CC(O)C21C)C1CC1C. The largest absolute Gasteiger partial charge is 0.393 e. The van der Waals surface area contributed by atoms with Crippen LogP contribution in [0.4, 0.5) is 0 Å². The van der Waals surface area contributed by atoms with Crippen molar-refractivity contribution in [2.75, 3.05) is 0 Å². The minimum atomic E-state index is -0.789. The predicted octanol–water partition coefficient (Wildman–Crippen LogP) is 4.69. The molecule has 0 aromatic carbocycles. The van der Waals surface area contributed by atoms with Gasteiger partial charge in [0, 0.05) is 5.41 Å². The van der Waals surface area contributed by atoms with Gasteiger partial charge in [-0.2, -0.15) is 0 Å². The van der Waals surface area contributed by atoms with Gasteiger partial charge in [-0.15, -0.1) is 0 Å². The average Bonchev–Trinajstić information content (AvgIpc) is 3.36. The molecule has 0 heterocycles. The highest BCUT2D eigenvalue weighted by Crippen LogP contribution is 2.67. The van der Waals surface area contributed by atoms with E-state index in [0.29, 0.717) is 18.8 Å². The van der Waals surface area contributed by atoms with Crippen molar-refractivity contribution in [1.29, 1.82) is 0 Å². The molecule has 4 saturated carbocycles. The molecule has 0 radical (unpaired) electrons. The van der Waals surface area contributed by atoms with Crippen LogP contribution in [0.5, 0.6) is 0 Å². The van der Waals surface area contributed by atoms with Gasteiger partial charge >= 0.3 is 0 Å². The Balaban J connectivity index is 1.39. The minimum Gasteiger partial charge on any atom is -0.393 e. The fourth-order valence-corrected chi connectivity index (χ4v) is 9.65. The maximum absolute atomic E-state index is 11.8. The molecule has 4 fully saturated rings. The summed E-state index contributed by atoms with van der Waals surface area (Å²) >= 11 is 0. The predicted molar refractivity (Wildman–Crippen MR) is 130 cm³/mol. The fraction of sp³-hybridized carbons (Fsp3) is 0.931. The van der Waals surface area contributed by atoms with Crippen LogP contribution < -0.4 is 0 Å². The van der Waals surface area contributed by atoms with Crippen LogP contribution in [0.25, 0.3) is 0 Å². The summed E-state index contributed by atoms with van der Waals surface area (Å²) < 4.78 is 0. The lowest BCUT2D eigenvalue weighted by Gasteiger charge is -2.61. The third-order valence-corrected chi connectivity index (χ3v) is 12.0. The van der Waals surface area contributed by atoms with Crippen molar-refractivity contribution in [3.63, 3.8) is 0 Å². The summed E-state index contributed by atoms with van der Waals surface area (Å²) in [4.78, 5) is 0. The van der Waals surface area contributed by atoms with Gasteiger partial charge in [-0.1, -0.05) is 39.3 Å². The highest BCUT2D eigenvalue weighted by molar-refractivity contribution is 5.29. The van der Waals surface area contributed by atoms with Crippen molar-refractivity contribution in [1.82, 2.24) is 0 Å². The van der Waals surface area contributed by atoms with Gasteiger partial charge in [0.2, 0.25) is 0 Å². The van der Waals surface area contributed by atoms with Crippen LogP contribution >= 0.6 is 0 Å². The van der Waals surface area contributed by atoms with Gasteiger partial charge in [0.15, 0.2) is 0 Å². The van der Waals surface area contributed by atoms with E-state index in [1.54, 1.807) is 0 Å². The van der Waals surface area contributed by atoms with Crippen molar-refractivity contribution in [3.8, 4) is 0 Å². The zero-order valence-electron chi connectivity index (χ0n) is 21.5. The number of rotatable bonds is 5. The highest BCUT2D eigenvalue weighted by atomic mass is 16.3. The van der Waals surface area contributed by atoms with Crippen molar-refractivity contribution in [3.05, 3.63) is 11.6 Å². The van der Waals surface area contributed by atoms with E-state index in [1.807, 2.05) is 6.92 Å². The van der Waals surface area contributed by atoms with E-state index in [2.05, 4.69) is 33.8 Å². The Bertz CT molecular complexity index is 790. The maximum atomic E-state index is 11.8. The average molecular weight is 461 g/mol. The van der Waals surface area contributed by atoms with Gasteiger partial charge in [-0.05, 0) is 112 Å². The van der Waals surface area contributed by atoms with Crippen molar-refractivity contribution in [2.24, 2.45) is 52.3 Å². The van der Waals surface area contributed by atoms with Crippen molar-refractivity contribution < 1.29 is 20.4 Å². The summed E-state index contributed by atoms with van der Waals surface area (Å²) in [5.74, 6) is 2.98. The summed E-state index contributed by atoms with van der Waals surface area (Å²) in [6.07, 6.45) is 8.96. The van der Waals surface area contributed by atoms with E-state index in [-0.39, 0.29) is 40.6 Å². The quantitative estimate of drug-likeness (QED) is 0.449. The van der Waals surface area contributed by atoms with Crippen LogP contribution in [0.2, 0.25) is 0 Å². The third kappa shape index (κ3) is 3.69. The van der Waals surface area contributed by atoms with E-state index < -0.39 is 17.8 Å². The molecule has 0 spiro atoms. The molecule has 188 valence electrons. The van der Waals surface area contributed by atoms with Gasteiger partial charge in [0.25, 0.3) is 0 Å². The summed E-state index contributed by atoms with van der Waals surface area (Å²) in [7, 11) is 0. The summed E-state index contributed by atoms with van der Waals surface area (Å²) in [5.41, 5.74) is 0.0131. The smallest absolute Gasteiger partial charge is 0.0757 e. The molecular formula is C29H48O4. The number of hydrogen-bond donors (Lipinski definition) is 4. The van der Waals surface area contributed by atoms with E-state index in [0.717, 1.165) is 50.4 Å². The molecule has 0 bridgehead atoms. The number of aliphatic hydroxyl groups is 4. The second-order valence-corrected chi connectivity index (χ2v) is 13.8. The molecule has 4 N–H and O–H groups in total. The first-order valence-corrected chi connectivity index (χ1v) is 13.9. The molecule has 5 rings (SSSR count). The first-order valence-electron chi connectivity index (χ1n) is 13.9. The fourth-order valence-electron chi connectivity index (χ4n) is 9.65. The Labute approximate surface area is 200 Å². The molecule has 33 heavy (non-hydrogen) atoms. The van der Waals surface area contributed by atoms with Gasteiger partial charge in [0.05, 0.1) is 23.9 Å². The molecule has 4 nitrogen and oxygen atoms in total. The molecule has 0 amide bonds. The molecule has 0 aliphatic heterocycles. The lowest BCUT2D eigenvalue weighted by Crippen LogP contribution is -2.61. The first kappa shape index (κ1) is 24.3. The molecule has 0 aromatic rings. The second-order valence-electron chi connectivity index (χ2n) is 13.8. The Morgan fingerprint density at radius 3 is 2.45 bits per heavy atom. The lowest BCUT2D eigenvalue weighted by molar-refractivity contribution is -0.179. The van der Waals surface area contributed by atoms with Crippen LogP contribution in [-0.2, 0) is 0 Å². The molecule has 4 heteroatoms. The van der Waals surface area contributed by atoms with Crippen molar-refractivity contribution in [2.45, 2.75) is 116 Å². The van der Waals surface area contributed by atoms with Crippen LogP contribution in [0.3, 0.4) is 0 Å². The third-order valence-electron chi connectivity index (χ3n) is 12.0. The molecule has 5 aliphatic rings. The molecule has 0 aromatic heterocycles. The Morgan fingerprint density at radius 2 is 1.79 bits per heavy atom. The van der Waals surface area contributed by atoms with Gasteiger partial charge < -0.3 is 20.4 Å². The lowest BCUT2D eigenvalue weighted by atomic mass is 9.45. The van der Waals surface area contributed by atoms with Crippen LogP contribution in [0, 0.1) is 52.3 Å². The molecule has 0 saturated heterocycles. The summed E-state index contributed by atoms with van der Waals surface area (Å²) in [6.45, 7) is 11.2. The number of fused-ring (bicyclic) bond motifs is 5. The van der Waals surface area contributed by atoms with E-state index in [1.165, 1.54) is 12.0 Å². The Morgan fingerprint density at radius 1 is 1.09 bits per heavy atom. The molecule has 13 atom stereocenters. The monoisotopic (exact) mass is 460 g/mol. The summed E-state index contributed by atoms with van der Waals surface area (Å²) in [5, 5.41) is 45.1. The van der Waals surface area contributed by atoms with Crippen molar-refractivity contribution >= 4 is 0 Å². The van der Waals surface area contributed by atoms with Gasteiger partial charge in [-0.3, -0.25) is 0 Å². The van der Waals surface area contributed by atoms with Crippen LogP contribution in [0.1, 0.15) is 92.4 Å². The first-order chi connectivity index (χ1) is 15.4. The maximum Gasteiger partial charge on any atom is 0.0757 e. The topological polar surface area (TPSA) is 80.9 Å². The Kier molecular flexibility index (Phi) is 5.92. The zero-order chi connectivity index (χ0) is 23.9. The Hall–Kier alpha value is -0.420. The van der Waals surface area contributed by atoms with E-state index in [9.17, 15) is 20.4 Å². The molecular weight excluding hydrogens is 412 g/mol. The van der Waals surface area contributed by atoms with Crippen LogP contribution in [-0.4, -0.2) is 44.3 Å². The normalized spacial score (nSPS) is 53.8. The van der Waals surface area contributed by atoms with E-state index >= 15 is 0 Å². The van der Waals surface area contributed by atoms with E-state index in [4.69, 9.17) is 0 Å².